The minimum absolute atomic E-state index is 0.0117. The number of carbonyl (C=O) groups excluding carboxylic acids is 1. The molecule has 3 nitrogen and oxygen atoms in total. The average molecular weight is 220 g/mol. The van der Waals surface area contributed by atoms with Gasteiger partial charge in [-0.1, -0.05) is 24.3 Å². The summed E-state index contributed by atoms with van der Waals surface area (Å²) in [6.07, 6.45) is 1.25. The summed E-state index contributed by atoms with van der Waals surface area (Å²) in [6.45, 7) is 0. The molecule has 0 aliphatic heterocycles. The first-order valence-electron chi connectivity index (χ1n) is 5.52. The summed E-state index contributed by atoms with van der Waals surface area (Å²) in [6, 6.07) is 8.07. The van der Waals surface area contributed by atoms with Crippen LogP contribution in [0.2, 0.25) is 0 Å². The number of esters is 1. The predicted octanol–water partition coefficient (Wildman–Crippen LogP) is 1.33. The van der Waals surface area contributed by atoms with Crippen molar-refractivity contribution in [1.82, 2.24) is 0 Å². The van der Waals surface area contributed by atoms with Gasteiger partial charge in [-0.3, -0.25) is 4.79 Å². The van der Waals surface area contributed by atoms with Crippen molar-refractivity contribution >= 4 is 5.97 Å². The van der Waals surface area contributed by atoms with Crippen molar-refractivity contribution in [1.29, 1.82) is 0 Å². The van der Waals surface area contributed by atoms with E-state index in [2.05, 4.69) is 10.8 Å². The first kappa shape index (κ1) is 11.1. The van der Waals surface area contributed by atoms with E-state index in [4.69, 9.17) is 0 Å². The fraction of sp³-hybridized carbons (Fsp3) is 0.462. The highest BCUT2D eigenvalue weighted by Crippen LogP contribution is 2.27. The molecule has 2 atom stereocenters. The number of aliphatic hydroxyl groups is 1. The van der Waals surface area contributed by atoms with E-state index in [9.17, 15) is 9.90 Å². The molecule has 0 amide bonds. The summed E-state index contributed by atoms with van der Waals surface area (Å²) in [7, 11) is 1.38. The first-order valence-corrected chi connectivity index (χ1v) is 5.52. The Labute approximate surface area is 95.0 Å². The van der Waals surface area contributed by atoms with Crippen LogP contribution in [-0.4, -0.2) is 24.3 Å². The molecule has 0 bridgehead atoms. The highest BCUT2D eigenvalue weighted by Gasteiger charge is 2.28. The number of carbonyl (C=O) groups is 1. The van der Waals surface area contributed by atoms with Gasteiger partial charge in [-0.05, 0) is 29.9 Å². The predicted molar refractivity (Wildman–Crippen MR) is 60.0 cm³/mol. The number of benzene rings is 1. The Balaban J connectivity index is 2.12. The van der Waals surface area contributed by atoms with Gasteiger partial charge < -0.3 is 9.84 Å². The standard InChI is InChI=1S/C13H16O3/c1-16-13(15)8-11-6-9-4-2-3-5-10(9)7-12(11)14/h2-5,11-12,14H,6-8H2,1H3. The fourth-order valence-electron chi connectivity index (χ4n) is 2.27. The van der Waals surface area contributed by atoms with Crippen LogP contribution in [0.5, 0.6) is 0 Å². The van der Waals surface area contributed by atoms with Gasteiger partial charge in [0.1, 0.15) is 0 Å². The van der Waals surface area contributed by atoms with Gasteiger partial charge in [-0.25, -0.2) is 0 Å². The molecule has 0 heterocycles. The Morgan fingerprint density at radius 3 is 2.62 bits per heavy atom. The van der Waals surface area contributed by atoms with E-state index in [1.54, 1.807) is 0 Å². The lowest BCUT2D eigenvalue weighted by Crippen LogP contribution is -2.32. The van der Waals surface area contributed by atoms with Gasteiger partial charge in [0, 0.05) is 0 Å². The van der Waals surface area contributed by atoms with Crippen LogP contribution in [0.4, 0.5) is 0 Å². The molecule has 1 aromatic carbocycles. The van der Waals surface area contributed by atoms with E-state index >= 15 is 0 Å². The number of methoxy groups -OCH3 is 1. The number of aliphatic hydroxyl groups excluding tert-OH is 1. The van der Waals surface area contributed by atoms with Crippen molar-refractivity contribution in [2.45, 2.75) is 25.4 Å². The molecule has 2 rings (SSSR count). The van der Waals surface area contributed by atoms with Crippen LogP contribution >= 0.6 is 0 Å². The van der Waals surface area contributed by atoms with Crippen LogP contribution in [0, 0.1) is 5.92 Å². The van der Waals surface area contributed by atoms with Gasteiger partial charge in [0.2, 0.25) is 0 Å². The van der Waals surface area contributed by atoms with Crippen LogP contribution in [0.25, 0.3) is 0 Å². The molecule has 1 aliphatic carbocycles. The Kier molecular flexibility index (Phi) is 3.25. The highest BCUT2D eigenvalue weighted by atomic mass is 16.5. The summed E-state index contributed by atoms with van der Waals surface area (Å²) >= 11 is 0. The summed E-state index contributed by atoms with van der Waals surface area (Å²) in [4.78, 5) is 11.2. The van der Waals surface area contributed by atoms with Crippen LogP contribution in [0.1, 0.15) is 17.5 Å². The molecule has 16 heavy (non-hydrogen) atoms. The first-order chi connectivity index (χ1) is 7.70. The monoisotopic (exact) mass is 220 g/mol. The third kappa shape index (κ3) is 2.25. The SMILES string of the molecule is COC(=O)CC1Cc2ccccc2CC1O. The smallest absolute Gasteiger partial charge is 0.305 e. The largest absolute Gasteiger partial charge is 0.469 e. The molecular weight excluding hydrogens is 204 g/mol. The zero-order valence-corrected chi connectivity index (χ0v) is 9.35. The number of hydrogen-bond donors (Lipinski definition) is 1. The summed E-state index contributed by atoms with van der Waals surface area (Å²) in [5.41, 5.74) is 2.43. The second-order valence-corrected chi connectivity index (χ2v) is 4.28. The third-order valence-electron chi connectivity index (χ3n) is 3.23. The van der Waals surface area contributed by atoms with E-state index < -0.39 is 6.10 Å². The maximum absolute atomic E-state index is 11.2. The lowest BCUT2D eigenvalue weighted by Gasteiger charge is -2.28. The molecule has 86 valence electrons. The quantitative estimate of drug-likeness (QED) is 0.765. The molecule has 0 radical (unpaired) electrons. The molecule has 3 heteroatoms. The fourth-order valence-corrected chi connectivity index (χ4v) is 2.27. The molecule has 0 fully saturated rings. The third-order valence-corrected chi connectivity index (χ3v) is 3.23. The van der Waals surface area contributed by atoms with Crippen LogP contribution in [-0.2, 0) is 22.4 Å². The summed E-state index contributed by atoms with van der Waals surface area (Å²) in [5, 5.41) is 9.95. The molecular formula is C13H16O3. The Morgan fingerprint density at radius 1 is 1.38 bits per heavy atom. The average Bonchev–Trinajstić information content (AvgIpc) is 2.30. The van der Waals surface area contributed by atoms with Gasteiger partial charge in [0.05, 0.1) is 19.6 Å². The van der Waals surface area contributed by atoms with Crippen molar-refractivity contribution in [2.75, 3.05) is 7.11 Å². The zero-order chi connectivity index (χ0) is 11.5. The highest BCUT2D eigenvalue weighted by molar-refractivity contribution is 5.69. The molecule has 1 aliphatic rings. The number of ether oxygens (including phenoxy) is 1. The normalized spacial score (nSPS) is 23.6. The van der Waals surface area contributed by atoms with Crippen LogP contribution < -0.4 is 0 Å². The van der Waals surface area contributed by atoms with Gasteiger partial charge in [0.15, 0.2) is 0 Å². The van der Waals surface area contributed by atoms with E-state index in [0.717, 1.165) is 6.42 Å². The van der Waals surface area contributed by atoms with Gasteiger partial charge in [-0.15, -0.1) is 0 Å². The van der Waals surface area contributed by atoms with Gasteiger partial charge in [0.25, 0.3) is 0 Å². The molecule has 0 aromatic heterocycles. The zero-order valence-electron chi connectivity index (χ0n) is 9.35. The maximum atomic E-state index is 11.2. The van der Waals surface area contributed by atoms with Crippen LogP contribution in [0.3, 0.4) is 0 Å². The lowest BCUT2D eigenvalue weighted by molar-refractivity contribution is -0.142. The Hall–Kier alpha value is -1.35. The molecule has 0 saturated carbocycles. The van der Waals surface area contributed by atoms with Crippen molar-refractivity contribution in [3.8, 4) is 0 Å². The summed E-state index contributed by atoms with van der Waals surface area (Å²) < 4.78 is 4.64. The summed E-state index contributed by atoms with van der Waals surface area (Å²) in [5.74, 6) is -0.259. The Bertz CT molecular complexity index is 387. The van der Waals surface area contributed by atoms with Crippen LogP contribution in [0.15, 0.2) is 24.3 Å². The molecule has 0 saturated heterocycles. The van der Waals surface area contributed by atoms with Crippen molar-refractivity contribution < 1.29 is 14.6 Å². The number of fused-ring (bicyclic) bond motifs is 1. The van der Waals surface area contributed by atoms with E-state index in [1.807, 2.05) is 18.2 Å². The van der Waals surface area contributed by atoms with E-state index in [-0.39, 0.29) is 11.9 Å². The second kappa shape index (κ2) is 4.66. The Morgan fingerprint density at radius 2 is 2.00 bits per heavy atom. The molecule has 0 spiro atoms. The molecule has 1 N–H and O–H groups in total. The lowest BCUT2D eigenvalue weighted by atomic mass is 9.80. The second-order valence-electron chi connectivity index (χ2n) is 4.28. The van der Waals surface area contributed by atoms with Gasteiger partial charge >= 0.3 is 5.97 Å². The van der Waals surface area contributed by atoms with E-state index in [0.29, 0.717) is 12.8 Å². The topological polar surface area (TPSA) is 46.5 Å². The van der Waals surface area contributed by atoms with Crippen molar-refractivity contribution in [3.63, 3.8) is 0 Å². The number of hydrogen-bond acceptors (Lipinski definition) is 3. The number of rotatable bonds is 2. The molecule has 2 unspecified atom stereocenters. The molecule has 1 aromatic rings. The van der Waals surface area contributed by atoms with Gasteiger partial charge in [-0.2, -0.15) is 0 Å². The van der Waals surface area contributed by atoms with Crippen molar-refractivity contribution in [2.24, 2.45) is 5.92 Å². The minimum atomic E-state index is -0.436. The maximum Gasteiger partial charge on any atom is 0.305 e. The van der Waals surface area contributed by atoms with Crippen molar-refractivity contribution in [3.05, 3.63) is 35.4 Å². The minimum Gasteiger partial charge on any atom is -0.469 e. The van der Waals surface area contributed by atoms with E-state index in [1.165, 1.54) is 18.2 Å².